The van der Waals surface area contributed by atoms with E-state index in [0.29, 0.717) is 0 Å². The van der Waals surface area contributed by atoms with Crippen LogP contribution in [0, 0.1) is 0 Å². The van der Waals surface area contributed by atoms with Crippen molar-refractivity contribution in [2.45, 2.75) is 10.7 Å². The number of isocyanates is 2. The third kappa shape index (κ3) is 2.83. The monoisotopic (exact) mass is 202 g/mol. The molecule has 0 aromatic rings. The third-order valence-electron chi connectivity index (χ3n) is 1.23. The highest BCUT2D eigenvalue weighted by Gasteiger charge is 2.21. The molecule has 0 bridgehead atoms. The van der Waals surface area contributed by atoms with E-state index in [9.17, 15) is 9.59 Å². The van der Waals surface area contributed by atoms with Gasteiger partial charge in [0.05, 0.1) is 0 Å². The zero-order valence-corrected chi connectivity index (χ0v) is 7.73. The highest BCUT2D eigenvalue weighted by molar-refractivity contribution is 8.07. The molecule has 0 saturated carbocycles. The molecule has 0 radical (unpaired) electrons. The maximum absolute atomic E-state index is 9.92. The number of hydrogen-bond donors (Lipinski definition) is 0. The fraction of sp³-hybridized carbons (Fsp3) is 0.667. The Morgan fingerprint density at radius 3 is 2.00 bits per heavy atom. The topological polar surface area (TPSA) is 58.9 Å². The van der Waals surface area contributed by atoms with Gasteiger partial charge in [0.1, 0.15) is 10.7 Å². The summed E-state index contributed by atoms with van der Waals surface area (Å²) in [5, 5.41) is -0.216. The summed E-state index contributed by atoms with van der Waals surface area (Å²) in [7, 11) is 0. The molecule has 1 rings (SSSR count). The highest BCUT2D eigenvalue weighted by Crippen LogP contribution is 2.31. The molecule has 1 aliphatic heterocycles. The molecule has 1 aliphatic rings. The first-order chi connectivity index (χ1) is 5.86. The molecule has 0 amide bonds. The molecule has 1 saturated heterocycles. The van der Waals surface area contributed by atoms with Crippen LogP contribution in [0.3, 0.4) is 0 Å². The molecule has 2 unspecified atom stereocenters. The Labute approximate surface area is 77.9 Å². The summed E-state index contributed by atoms with van der Waals surface area (Å²) in [5.74, 6) is 1.57. The fourth-order valence-corrected chi connectivity index (χ4v) is 3.25. The van der Waals surface area contributed by atoms with Gasteiger partial charge in [0.2, 0.25) is 12.2 Å². The first-order valence-electron chi connectivity index (χ1n) is 3.24. The van der Waals surface area contributed by atoms with Crippen molar-refractivity contribution in [2.75, 3.05) is 11.5 Å². The Kier molecular flexibility index (Phi) is 4.11. The number of carbonyl (C=O) groups excluding carboxylic acids is 2. The average Bonchev–Trinajstić information content (AvgIpc) is 2.06. The zero-order chi connectivity index (χ0) is 8.81. The summed E-state index contributed by atoms with van der Waals surface area (Å²) < 4.78 is 0. The summed E-state index contributed by atoms with van der Waals surface area (Å²) in [5.41, 5.74) is 0. The van der Waals surface area contributed by atoms with Crippen LogP contribution in [-0.4, -0.2) is 34.4 Å². The maximum atomic E-state index is 9.92. The van der Waals surface area contributed by atoms with Crippen molar-refractivity contribution in [3.05, 3.63) is 0 Å². The standard InChI is InChI=1S/C6H6N2O2S2/c9-3-7-5-1-11-2-6(12-5)8-4-10/h5-6H,1-2H2. The third-order valence-corrected chi connectivity index (χ3v) is 3.93. The van der Waals surface area contributed by atoms with E-state index in [2.05, 4.69) is 9.98 Å². The molecule has 1 fully saturated rings. The van der Waals surface area contributed by atoms with Crippen LogP contribution in [-0.2, 0) is 9.59 Å². The van der Waals surface area contributed by atoms with Crippen molar-refractivity contribution in [1.29, 1.82) is 0 Å². The molecule has 0 aromatic carbocycles. The minimum absolute atomic E-state index is 0.108. The lowest BCUT2D eigenvalue weighted by Crippen LogP contribution is -2.18. The molecule has 0 aromatic heterocycles. The largest absolute Gasteiger partial charge is 0.236 e. The minimum Gasteiger partial charge on any atom is -0.211 e. The number of nitrogens with zero attached hydrogens (tertiary/aromatic N) is 2. The summed E-state index contributed by atoms with van der Waals surface area (Å²) in [6, 6.07) is 0. The van der Waals surface area contributed by atoms with E-state index in [4.69, 9.17) is 0 Å². The number of aliphatic imine (C=N–C) groups is 2. The van der Waals surface area contributed by atoms with Gasteiger partial charge in [0.25, 0.3) is 0 Å². The first-order valence-corrected chi connectivity index (χ1v) is 5.33. The Balaban J connectivity index is 2.50. The quantitative estimate of drug-likeness (QED) is 0.490. The van der Waals surface area contributed by atoms with Crippen molar-refractivity contribution < 1.29 is 9.59 Å². The van der Waals surface area contributed by atoms with Crippen molar-refractivity contribution >= 4 is 35.7 Å². The molecule has 0 spiro atoms. The molecule has 12 heavy (non-hydrogen) atoms. The van der Waals surface area contributed by atoms with E-state index in [1.807, 2.05) is 0 Å². The lowest BCUT2D eigenvalue weighted by Gasteiger charge is -2.20. The van der Waals surface area contributed by atoms with Crippen LogP contribution >= 0.6 is 23.5 Å². The molecule has 2 atom stereocenters. The summed E-state index contributed by atoms with van der Waals surface area (Å²) >= 11 is 3.03. The van der Waals surface area contributed by atoms with Crippen molar-refractivity contribution in [1.82, 2.24) is 0 Å². The lowest BCUT2D eigenvalue weighted by molar-refractivity contribution is 0.563. The van der Waals surface area contributed by atoms with Crippen molar-refractivity contribution in [3.63, 3.8) is 0 Å². The number of thioether (sulfide) groups is 2. The first kappa shape index (κ1) is 9.55. The second kappa shape index (κ2) is 5.17. The Morgan fingerprint density at radius 2 is 1.58 bits per heavy atom. The molecule has 0 N–H and O–H groups in total. The average molecular weight is 202 g/mol. The Hall–Kier alpha value is -0.540. The van der Waals surface area contributed by atoms with Gasteiger partial charge < -0.3 is 0 Å². The second-order valence-electron chi connectivity index (χ2n) is 2.02. The molecule has 1 heterocycles. The van der Waals surface area contributed by atoms with Crippen molar-refractivity contribution in [2.24, 2.45) is 9.98 Å². The van der Waals surface area contributed by atoms with Gasteiger partial charge in [-0.3, -0.25) is 0 Å². The Bertz CT molecular complexity index is 222. The normalized spacial score (nSPS) is 28.3. The summed E-state index contributed by atoms with van der Waals surface area (Å²) in [6.07, 6.45) is 3.00. The molecular weight excluding hydrogens is 196 g/mol. The Morgan fingerprint density at radius 1 is 1.08 bits per heavy atom. The van der Waals surface area contributed by atoms with E-state index in [1.165, 1.54) is 23.9 Å². The van der Waals surface area contributed by atoms with Crippen LogP contribution < -0.4 is 0 Å². The van der Waals surface area contributed by atoms with Gasteiger partial charge in [0, 0.05) is 11.5 Å². The number of rotatable bonds is 2. The van der Waals surface area contributed by atoms with E-state index in [1.54, 1.807) is 11.8 Å². The minimum atomic E-state index is -0.108. The van der Waals surface area contributed by atoms with E-state index < -0.39 is 0 Å². The van der Waals surface area contributed by atoms with Crippen LogP contribution in [0.5, 0.6) is 0 Å². The summed E-state index contributed by atoms with van der Waals surface area (Å²) in [4.78, 5) is 27.0. The van der Waals surface area contributed by atoms with Crippen LogP contribution in [0.2, 0.25) is 0 Å². The van der Waals surface area contributed by atoms with Gasteiger partial charge in [-0.05, 0) is 0 Å². The second-order valence-corrected chi connectivity index (χ2v) is 4.46. The number of hydrogen-bond acceptors (Lipinski definition) is 6. The predicted molar refractivity (Wildman–Crippen MR) is 48.7 cm³/mol. The zero-order valence-electron chi connectivity index (χ0n) is 6.10. The SMILES string of the molecule is O=C=NC1CSCC(N=C=O)S1. The highest BCUT2D eigenvalue weighted by atomic mass is 32.2. The lowest BCUT2D eigenvalue weighted by atomic mass is 10.7. The van der Waals surface area contributed by atoms with Crippen LogP contribution in [0.1, 0.15) is 0 Å². The van der Waals surface area contributed by atoms with E-state index in [0.717, 1.165) is 11.5 Å². The van der Waals surface area contributed by atoms with Crippen molar-refractivity contribution in [3.8, 4) is 0 Å². The molecule has 4 nitrogen and oxygen atoms in total. The molecule has 64 valence electrons. The molecular formula is C6H6N2O2S2. The van der Waals surface area contributed by atoms with Crippen LogP contribution in [0.25, 0.3) is 0 Å². The maximum Gasteiger partial charge on any atom is 0.236 e. The van der Waals surface area contributed by atoms with E-state index in [-0.39, 0.29) is 10.7 Å². The predicted octanol–water partition coefficient (Wildman–Crippen LogP) is 0.790. The van der Waals surface area contributed by atoms with Crippen LogP contribution in [0.4, 0.5) is 0 Å². The van der Waals surface area contributed by atoms with E-state index >= 15 is 0 Å². The smallest absolute Gasteiger partial charge is 0.211 e. The fourth-order valence-electron chi connectivity index (χ4n) is 0.783. The van der Waals surface area contributed by atoms with Gasteiger partial charge in [-0.15, -0.1) is 11.8 Å². The summed E-state index contributed by atoms with van der Waals surface area (Å²) in [6.45, 7) is 0. The van der Waals surface area contributed by atoms with Gasteiger partial charge >= 0.3 is 0 Å². The van der Waals surface area contributed by atoms with Gasteiger partial charge in [-0.25, -0.2) is 9.59 Å². The molecule has 6 heteroatoms. The molecule has 0 aliphatic carbocycles. The van der Waals surface area contributed by atoms with Gasteiger partial charge in [-0.2, -0.15) is 21.7 Å². The van der Waals surface area contributed by atoms with Gasteiger partial charge in [0.15, 0.2) is 0 Å². The van der Waals surface area contributed by atoms with Gasteiger partial charge in [-0.1, -0.05) is 0 Å². The van der Waals surface area contributed by atoms with Crippen LogP contribution in [0.15, 0.2) is 9.98 Å².